The summed E-state index contributed by atoms with van der Waals surface area (Å²) in [6.07, 6.45) is 3.31. The van der Waals surface area contributed by atoms with Crippen LogP contribution in [-0.4, -0.2) is 258 Å². The second kappa shape index (κ2) is 53.9. The van der Waals surface area contributed by atoms with Gasteiger partial charge < -0.3 is 125 Å². The Kier molecular flexibility index (Phi) is 45.4. The number of amides is 15. The molecule has 2 aromatic rings. The molecule has 0 bridgehead atoms. The van der Waals surface area contributed by atoms with Crippen LogP contribution in [0.5, 0.6) is 0 Å². The molecule has 12 atom stereocenters. The van der Waals surface area contributed by atoms with E-state index in [1.165, 1.54) is 21.6 Å². The van der Waals surface area contributed by atoms with Crippen LogP contribution >= 0.6 is 11.8 Å². The first kappa shape index (κ1) is 100. The van der Waals surface area contributed by atoms with Gasteiger partial charge in [0, 0.05) is 51.9 Å². The topological polar surface area (TPSA) is 691 Å². The van der Waals surface area contributed by atoms with Gasteiger partial charge in [0.1, 0.15) is 66.5 Å². The molecule has 2 aliphatic heterocycles. The highest BCUT2D eigenvalue weighted by atomic mass is 32.2. The molecular formula is C77H124N24O17S. The molecule has 30 N–H and O–H groups in total. The smallest absolute Gasteiger partial charge is 0.326 e. The molecule has 4 rings (SSSR count). The third-order valence-electron chi connectivity index (χ3n) is 19.6. The average molecular weight is 1690 g/mol. The lowest BCUT2D eigenvalue weighted by molar-refractivity contribution is -0.144. The van der Waals surface area contributed by atoms with Crippen LogP contribution in [0, 0.1) is 5.92 Å². The second-order valence-corrected chi connectivity index (χ2v) is 30.7. The number of aliphatic imine (C=N–C) groups is 2. The van der Waals surface area contributed by atoms with E-state index in [0.29, 0.717) is 61.8 Å². The number of carbonyl (C=O) groups excluding carboxylic acids is 15. The van der Waals surface area contributed by atoms with Crippen molar-refractivity contribution in [1.29, 1.82) is 0 Å². The second-order valence-electron chi connectivity index (χ2n) is 29.7. The van der Waals surface area contributed by atoms with Gasteiger partial charge in [-0.1, -0.05) is 74.5 Å². The molecule has 660 valence electrons. The summed E-state index contributed by atoms with van der Waals surface area (Å²) < 4.78 is 0. The molecule has 0 aromatic heterocycles. The lowest BCUT2D eigenvalue weighted by atomic mass is 10.0. The van der Waals surface area contributed by atoms with Crippen LogP contribution in [-0.2, 0) is 89.6 Å². The molecule has 41 nitrogen and oxygen atoms in total. The molecule has 0 spiro atoms. The molecule has 2 saturated heterocycles. The van der Waals surface area contributed by atoms with E-state index < -0.39 is 206 Å². The van der Waals surface area contributed by atoms with Gasteiger partial charge >= 0.3 is 5.97 Å². The van der Waals surface area contributed by atoms with Gasteiger partial charge in [0.05, 0.1) is 19.1 Å². The van der Waals surface area contributed by atoms with E-state index in [4.69, 9.17) is 51.6 Å². The SMILES string of the molecule is CSCC[C@H](NC(=O)[C@H](CC(C)C)NC(=O)CNC(=O)[C@H](Cc1ccccc1)NC(=O)[C@H](Cc1ccccc1)NC(=O)[C@H](CCC(N)=O)NC(=O)[C@H](CCC(N)=O)NC(=O)[C@@H]1CCCN1C(=O)[C@H](CCCCN)NC(=O)[C@@H]1CCCN1C(=O)[C@@H](N)CCCN=C(N)N)C(=O)NCC(=O)N[C@@H](CCCCN)C(=O)N[C@@H](CCCN=C(N)N)C(=O)O. The number of carboxylic acid groups (broad SMARTS) is 1. The summed E-state index contributed by atoms with van der Waals surface area (Å²) in [5.41, 5.74) is 51.5. The van der Waals surface area contributed by atoms with Gasteiger partial charge in [-0.3, -0.25) is 81.9 Å². The van der Waals surface area contributed by atoms with Crippen molar-refractivity contribution in [1.82, 2.24) is 68.3 Å². The monoisotopic (exact) mass is 1690 g/mol. The maximum atomic E-state index is 14.9. The number of carbonyl (C=O) groups is 16. The Hall–Kier alpha value is -11.3. The molecule has 2 aliphatic rings. The Bertz CT molecular complexity index is 3760. The predicted octanol–water partition coefficient (Wildman–Crippen LogP) is -5.84. The number of unbranched alkanes of at least 4 members (excludes halogenated alkanes) is 2. The minimum atomic E-state index is -1.70. The van der Waals surface area contributed by atoms with E-state index in [1.807, 2.05) is 0 Å². The van der Waals surface area contributed by atoms with Gasteiger partial charge in [-0.05, 0) is 158 Å². The van der Waals surface area contributed by atoms with Gasteiger partial charge in [-0.15, -0.1) is 0 Å². The highest BCUT2D eigenvalue weighted by Gasteiger charge is 2.43. The molecule has 119 heavy (non-hydrogen) atoms. The van der Waals surface area contributed by atoms with Crippen molar-refractivity contribution >= 4 is 118 Å². The summed E-state index contributed by atoms with van der Waals surface area (Å²) in [5.74, 6) is -13.9. The standard InChI is InChI=1S/C77H124N24O17S/c1-45(2)40-55(69(111)94-52(32-39-119-3)64(106)89-43-62(104)91-49(23-10-12-33-78)66(108)97-54(75(117)118)25-15-36-88-77(85)86)92-63(105)44-90-65(107)56(41-46-18-6-4-7-19-46)98-70(112)57(42-47-20-8-5-9-21-47)99-68(110)50(28-30-60(81)102)93-67(109)51(29-31-61(82)103)95-71(113)59-27-17-38-101(59)74(116)53(24-11-13-34-79)96-72(114)58-26-16-37-100(58)73(115)48(80)22-14-35-87-76(83)84/h4-9,18-21,45,48-59H,10-17,22-44,78-80H2,1-3H3,(H2,81,102)(H2,82,103)(H,89,106)(H,90,107)(H,91,104)(H,92,105)(H,93,109)(H,94,111)(H,95,113)(H,96,114)(H,97,108)(H,98,112)(H,99,110)(H,117,118)(H4,83,84,87)(H4,85,86,88)/t48-,49-,50-,51-,52-,53-,54-,55-,56-,57-,58-,59-/m0/s1. The van der Waals surface area contributed by atoms with Crippen molar-refractivity contribution in [2.45, 2.75) is 228 Å². The third kappa shape index (κ3) is 37.5. The Morgan fingerprint density at radius 3 is 1.28 bits per heavy atom. The minimum Gasteiger partial charge on any atom is -0.480 e. The zero-order valence-corrected chi connectivity index (χ0v) is 68.9. The van der Waals surface area contributed by atoms with Crippen LogP contribution in [0.25, 0.3) is 0 Å². The first-order valence-corrected chi connectivity index (χ1v) is 41.6. The first-order chi connectivity index (χ1) is 56.7. The summed E-state index contributed by atoms with van der Waals surface area (Å²) in [4.78, 5) is 232. The van der Waals surface area contributed by atoms with Crippen molar-refractivity contribution < 1.29 is 81.8 Å². The van der Waals surface area contributed by atoms with Gasteiger partial charge in [-0.2, -0.15) is 11.8 Å². The lowest BCUT2D eigenvalue weighted by Gasteiger charge is -2.32. The van der Waals surface area contributed by atoms with Gasteiger partial charge in [0.2, 0.25) is 88.6 Å². The molecule has 2 aromatic carbocycles. The number of hydrogen-bond acceptors (Lipinski definition) is 22. The highest BCUT2D eigenvalue weighted by Crippen LogP contribution is 2.24. The van der Waals surface area contributed by atoms with Crippen LogP contribution in [0.3, 0.4) is 0 Å². The number of aliphatic carboxylic acids is 1. The lowest BCUT2D eigenvalue weighted by Crippen LogP contribution is -2.60. The molecule has 2 heterocycles. The van der Waals surface area contributed by atoms with E-state index in [2.05, 4.69) is 68.5 Å². The van der Waals surface area contributed by atoms with Crippen molar-refractivity contribution in [2.75, 3.05) is 64.4 Å². The fourth-order valence-corrected chi connectivity index (χ4v) is 13.8. The fourth-order valence-electron chi connectivity index (χ4n) is 13.3. The number of nitrogens with two attached hydrogens (primary N) is 9. The summed E-state index contributed by atoms with van der Waals surface area (Å²) in [7, 11) is 0. The van der Waals surface area contributed by atoms with Crippen LogP contribution in [0.15, 0.2) is 70.6 Å². The Morgan fingerprint density at radius 2 is 0.824 bits per heavy atom. The van der Waals surface area contributed by atoms with Crippen molar-refractivity contribution in [3.8, 4) is 0 Å². The maximum Gasteiger partial charge on any atom is 0.326 e. The van der Waals surface area contributed by atoms with Crippen LogP contribution < -0.4 is 110 Å². The average Bonchev–Trinajstić information content (AvgIpc) is 1.68. The summed E-state index contributed by atoms with van der Waals surface area (Å²) in [6.45, 7) is 3.25. The number of rotatable bonds is 56. The molecule has 0 aliphatic carbocycles. The highest BCUT2D eigenvalue weighted by molar-refractivity contribution is 7.98. The minimum absolute atomic E-state index is 0.0277. The zero-order chi connectivity index (χ0) is 88.1. The van der Waals surface area contributed by atoms with Crippen molar-refractivity contribution in [3.05, 3.63) is 71.8 Å². The molecular weight excluding hydrogens is 1570 g/mol. The number of nitrogens with zero attached hydrogens (tertiary/aromatic N) is 4. The number of likely N-dealkylation sites (tertiary alicyclic amines) is 2. The number of guanidine groups is 2. The van der Waals surface area contributed by atoms with E-state index in [9.17, 15) is 81.8 Å². The largest absolute Gasteiger partial charge is 0.480 e. The number of carboxylic acids is 1. The Balaban J connectivity index is 1.54. The van der Waals surface area contributed by atoms with E-state index in [-0.39, 0.29) is 128 Å². The van der Waals surface area contributed by atoms with E-state index in [1.54, 1.807) is 80.8 Å². The summed E-state index contributed by atoms with van der Waals surface area (Å²) >= 11 is 1.35. The Morgan fingerprint density at radius 1 is 0.445 bits per heavy atom. The fraction of sp³-hybridized carbons (Fsp3) is 0.610. The molecule has 0 unspecified atom stereocenters. The summed E-state index contributed by atoms with van der Waals surface area (Å²) in [6, 6.07) is 0.823. The van der Waals surface area contributed by atoms with Crippen molar-refractivity contribution in [2.24, 2.45) is 67.5 Å². The Labute approximate surface area is 696 Å². The normalized spacial score (nSPS) is 16.1. The van der Waals surface area contributed by atoms with Gasteiger partial charge in [0.25, 0.3) is 0 Å². The number of hydrogen-bond donors (Lipinski definition) is 21. The zero-order valence-electron chi connectivity index (χ0n) is 68.1. The quantitative estimate of drug-likeness (QED) is 0.0167. The van der Waals surface area contributed by atoms with E-state index in [0.717, 1.165) is 0 Å². The molecule has 0 radical (unpaired) electrons. The van der Waals surface area contributed by atoms with Crippen LogP contribution in [0.2, 0.25) is 0 Å². The number of nitrogens with one attached hydrogen (secondary N) is 11. The molecule has 0 saturated carbocycles. The summed E-state index contributed by atoms with van der Waals surface area (Å²) in [5, 5.41) is 38.4. The van der Waals surface area contributed by atoms with E-state index >= 15 is 0 Å². The van der Waals surface area contributed by atoms with Crippen LogP contribution in [0.1, 0.15) is 153 Å². The number of thioether (sulfide) groups is 1. The molecule has 42 heteroatoms. The molecule has 15 amide bonds. The number of benzene rings is 2. The van der Waals surface area contributed by atoms with Gasteiger partial charge in [-0.25, -0.2) is 4.79 Å². The first-order valence-electron chi connectivity index (χ1n) is 40.2. The maximum absolute atomic E-state index is 14.9. The number of primary amides is 2. The third-order valence-corrected chi connectivity index (χ3v) is 20.2. The van der Waals surface area contributed by atoms with Crippen LogP contribution in [0.4, 0.5) is 0 Å². The van der Waals surface area contributed by atoms with Gasteiger partial charge in [0.15, 0.2) is 11.9 Å². The molecule has 2 fully saturated rings. The predicted molar refractivity (Wildman–Crippen MR) is 444 cm³/mol. The van der Waals surface area contributed by atoms with Crippen molar-refractivity contribution in [3.63, 3.8) is 0 Å².